The zero-order valence-electron chi connectivity index (χ0n) is 20.8. The van der Waals surface area contributed by atoms with Gasteiger partial charge in [0, 0.05) is 11.4 Å². The molecule has 0 aliphatic heterocycles. The molecule has 3 aromatic rings. The zero-order chi connectivity index (χ0) is 26.7. The van der Waals surface area contributed by atoms with E-state index in [1.807, 2.05) is 0 Å². The summed E-state index contributed by atoms with van der Waals surface area (Å²) >= 11 is 3.64. The van der Waals surface area contributed by atoms with Crippen LogP contribution < -0.4 is 10.9 Å². The number of rotatable bonds is 10. The van der Waals surface area contributed by atoms with Crippen LogP contribution in [0.5, 0.6) is 0 Å². The van der Waals surface area contributed by atoms with E-state index < -0.39 is 17.8 Å². The van der Waals surface area contributed by atoms with E-state index in [1.54, 1.807) is 38.2 Å². The number of fused-ring (bicyclic) bond motifs is 3. The lowest BCUT2D eigenvalue weighted by molar-refractivity contribution is -0.113. The van der Waals surface area contributed by atoms with Gasteiger partial charge in [0.1, 0.15) is 14.7 Å². The zero-order valence-corrected chi connectivity index (χ0v) is 23.3. The Morgan fingerprint density at radius 2 is 1.89 bits per heavy atom. The van der Waals surface area contributed by atoms with Gasteiger partial charge in [0.15, 0.2) is 5.16 Å². The Kier molecular flexibility index (Phi) is 8.50. The third kappa shape index (κ3) is 5.36. The number of hydrogen-bond acceptors (Lipinski definition) is 10. The van der Waals surface area contributed by atoms with E-state index in [4.69, 9.17) is 14.5 Å². The number of carbonyl (C=O) groups excluding carboxylic acids is 3. The number of nitrogens with zero attached hydrogens (tertiary/aromatic N) is 2. The number of thiophene rings is 2. The summed E-state index contributed by atoms with van der Waals surface area (Å²) in [5.41, 5.74) is 1.50. The number of aryl methyl sites for hydroxylation is 2. The minimum atomic E-state index is -0.632. The van der Waals surface area contributed by atoms with Gasteiger partial charge in [-0.2, -0.15) is 0 Å². The van der Waals surface area contributed by atoms with Crippen molar-refractivity contribution in [1.29, 1.82) is 0 Å². The van der Waals surface area contributed by atoms with Crippen LogP contribution in [-0.4, -0.2) is 46.4 Å². The molecule has 37 heavy (non-hydrogen) atoms. The molecular weight excluding hydrogens is 534 g/mol. The van der Waals surface area contributed by atoms with Crippen molar-refractivity contribution in [1.82, 2.24) is 9.55 Å². The first-order valence-electron chi connectivity index (χ1n) is 11.9. The fourth-order valence-electron chi connectivity index (χ4n) is 4.19. The molecule has 0 aromatic carbocycles. The van der Waals surface area contributed by atoms with Crippen LogP contribution in [0.15, 0.2) is 22.6 Å². The molecule has 3 aromatic heterocycles. The van der Waals surface area contributed by atoms with Gasteiger partial charge in [-0.3, -0.25) is 14.2 Å². The second-order valence-corrected chi connectivity index (χ2v) is 11.2. The van der Waals surface area contributed by atoms with Gasteiger partial charge in [-0.1, -0.05) is 17.8 Å². The summed E-state index contributed by atoms with van der Waals surface area (Å²) in [6.45, 7) is 9.34. The lowest BCUT2D eigenvalue weighted by Gasteiger charge is -2.11. The first-order chi connectivity index (χ1) is 17.8. The van der Waals surface area contributed by atoms with Gasteiger partial charge < -0.3 is 14.8 Å². The predicted octanol–water partition coefficient (Wildman–Crippen LogP) is 4.59. The smallest absolute Gasteiger partial charge is 0.348 e. The third-order valence-electron chi connectivity index (χ3n) is 5.77. The Hall–Kier alpha value is -2.96. The number of esters is 2. The third-order valence-corrected chi connectivity index (χ3v) is 9.12. The normalized spacial score (nSPS) is 12.4. The van der Waals surface area contributed by atoms with Crippen molar-refractivity contribution in [3.63, 3.8) is 0 Å². The summed E-state index contributed by atoms with van der Waals surface area (Å²) in [4.78, 5) is 58.1. The monoisotopic (exact) mass is 561 g/mol. The molecule has 0 saturated carbocycles. The predicted molar refractivity (Wildman–Crippen MR) is 146 cm³/mol. The largest absolute Gasteiger partial charge is 0.462 e. The Bertz CT molecular complexity index is 1450. The quantitative estimate of drug-likeness (QED) is 0.165. The molecule has 12 heteroatoms. The molecule has 3 heterocycles. The number of nitrogens with one attached hydrogen (secondary N) is 1. The highest BCUT2D eigenvalue weighted by molar-refractivity contribution is 7.99. The Balaban J connectivity index is 1.59. The summed E-state index contributed by atoms with van der Waals surface area (Å²) in [5, 5.41) is 4.04. The molecule has 0 spiro atoms. The maximum atomic E-state index is 13.3. The highest BCUT2D eigenvalue weighted by Gasteiger charge is 2.28. The van der Waals surface area contributed by atoms with Crippen molar-refractivity contribution in [2.45, 2.75) is 51.7 Å². The summed E-state index contributed by atoms with van der Waals surface area (Å²) < 4.78 is 11.8. The van der Waals surface area contributed by atoms with Crippen molar-refractivity contribution in [3.05, 3.63) is 49.5 Å². The fraction of sp³-hybridized carbons (Fsp3) is 0.400. The molecule has 0 atom stereocenters. The van der Waals surface area contributed by atoms with E-state index in [-0.39, 0.29) is 46.5 Å². The van der Waals surface area contributed by atoms with E-state index in [1.165, 1.54) is 9.44 Å². The van der Waals surface area contributed by atoms with Crippen molar-refractivity contribution in [2.24, 2.45) is 0 Å². The number of hydrogen-bond donors (Lipinski definition) is 1. The SMILES string of the molecule is C=CCn1c(SCC(=O)Nc2sc(C(=O)OCC)c(C)c2C(=O)OCC)nc2sc3c(c2c1=O)CCC3. The van der Waals surface area contributed by atoms with Crippen molar-refractivity contribution in [2.75, 3.05) is 24.3 Å². The molecule has 0 radical (unpaired) electrons. The van der Waals surface area contributed by atoms with Gasteiger partial charge in [0.25, 0.3) is 5.56 Å². The molecule has 196 valence electrons. The van der Waals surface area contributed by atoms with Crippen LogP contribution in [0.4, 0.5) is 5.00 Å². The second-order valence-electron chi connectivity index (χ2n) is 8.17. The molecule has 4 rings (SSSR count). The first kappa shape index (κ1) is 27.1. The van der Waals surface area contributed by atoms with Crippen LogP contribution in [0.25, 0.3) is 10.2 Å². The molecule has 0 unspecified atom stereocenters. The maximum absolute atomic E-state index is 13.3. The molecular formula is C25H27N3O6S3. The number of carbonyl (C=O) groups is 3. The highest BCUT2D eigenvalue weighted by atomic mass is 32.2. The summed E-state index contributed by atoms with van der Waals surface area (Å²) in [7, 11) is 0. The Morgan fingerprint density at radius 3 is 2.59 bits per heavy atom. The van der Waals surface area contributed by atoms with Crippen molar-refractivity contribution >= 4 is 67.5 Å². The molecule has 1 aliphatic rings. The van der Waals surface area contributed by atoms with E-state index >= 15 is 0 Å². The number of aromatic nitrogens is 2. The number of ether oxygens (including phenoxy) is 2. The first-order valence-corrected chi connectivity index (χ1v) is 14.5. The van der Waals surface area contributed by atoms with Crippen LogP contribution in [-0.2, 0) is 33.7 Å². The Labute approximate surface area is 225 Å². The lowest BCUT2D eigenvalue weighted by atomic mass is 10.1. The van der Waals surface area contributed by atoms with E-state index in [2.05, 4.69) is 11.9 Å². The molecule has 0 bridgehead atoms. The van der Waals surface area contributed by atoms with Gasteiger partial charge in [-0.25, -0.2) is 14.6 Å². The summed E-state index contributed by atoms with van der Waals surface area (Å²) in [6.07, 6.45) is 4.51. The second kappa shape index (κ2) is 11.6. The van der Waals surface area contributed by atoms with Gasteiger partial charge >= 0.3 is 11.9 Å². The highest BCUT2D eigenvalue weighted by Crippen LogP contribution is 2.36. The molecule has 1 amide bonds. The van der Waals surface area contributed by atoms with Gasteiger partial charge in [0.05, 0.1) is 29.9 Å². The minimum Gasteiger partial charge on any atom is -0.462 e. The lowest BCUT2D eigenvalue weighted by Crippen LogP contribution is -2.24. The number of allylic oxidation sites excluding steroid dienone is 1. The molecule has 1 N–H and O–H groups in total. The van der Waals surface area contributed by atoms with Crippen LogP contribution >= 0.6 is 34.4 Å². The topological polar surface area (TPSA) is 117 Å². The minimum absolute atomic E-state index is 0.0614. The summed E-state index contributed by atoms with van der Waals surface area (Å²) in [6, 6.07) is 0. The fourth-order valence-corrected chi connectivity index (χ4v) is 7.41. The number of amides is 1. The van der Waals surface area contributed by atoms with Crippen LogP contribution in [0.1, 0.15) is 56.3 Å². The van der Waals surface area contributed by atoms with E-state index in [9.17, 15) is 19.2 Å². The van der Waals surface area contributed by atoms with E-state index in [0.717, 1.165) is 47.9 Å². The van der Waals surface area contributed by atoms with Gasteiger partial charge in [0.2, 0.25) is 5.91 Å². The average molecular weight is 562 g/mol. The van der Waals surface area contributed by atoms with Crippen LogP contribution in [0, 0.1) is 6.92 Å². The molecule has 9 nitrogen and oxygen atoms in total. The average Bonchev–Trinajstić information content (AvgIpc) is 3.53. The number of anilines is 1. The van der Waals surface area contributed by atoms with Gasteiger partial charge in [-0.15, -0.1) is 29.3 Å². The molecule has 0 saturated heterocycles. The molecule has 1 aliphatic carbocycles. The summed E-state index contributed by atoms with van der Waals surface area (Å²) in [5.74, 6) is -1.68. The standard InChI is InChI=1S/C25H27N3O6S3/c1-5-11-28-22(30)18-14-9-8-10-15(14)36-21(18)27-25(28)35-12-16(29)26-20-17(23(31)33-6-2)13(4)19(37-20)24(32)34-7-3/h5H,1,6-12H2,2-4H3,(H,26,29). The van der Waals surface area contributed by atoms with Crippen LogP contribution in [0.2, 0.25) is 0 Å². The molecule has 0 fully saturated rings. The maximum Gasteiger partial charge on any atom is 0.348 e. The van der Waals surface area contributed by atoms with Crippen molar-refractivity contribution < 1.29 is 23.9 Å². The number of thioether (sulfide) groups is 1. The van der Waals surface area contributed by atoms with Crippen molar-refractivity contribution in [3.8, 4) is 0 Å². The van der Waals surface area contributed by atoms with Crippen LogP contribution in [0.3, 0.4) is 0 Å². The van der Waals surface area contributed by atoms with E-state index in [0.29, 0.717) is 20.9 Å². The van der Waals surface area contributed by atoms with Gasteiger partial charge in [-0.05, 0) is 51.2 Å². The Morgan fingerprint density at radius 1 is 1.16 bits per heavy atom.